The zero-order valence-corrected chi connectivity index (χ0v) is 8.54. The zero-order chi connectivity index (χ0) is 12.0. The molecule has 0 saturated carbocycles. The maximum absolute atomic E-state index is 13.0. The van der Waals surface area contributed by atoms with Crippen molar-refractivity contribution in [2.24, 2.45) is 0 Å². The van der Waals surface area contributed by atoms with Crippen LogP contribution in [0, 0.1) is 11.6 Å². The number of hydrogen-bond donors (Lipinski definition) is 0. The molecule has 0 spiro atoms. The van der Waals surface area contributed by atoms with Crippen molar-refractivity contribution in [1.82, 2.24) is 0 Å². The minimum absolute atomic E-state index is 0.114. The lowest BCUT2D eigenvalue weighted by atomic mass is 10.1. The van der Waals surface area contributed by atoms with Crippen LogP contribution in [0.5, 0.6) is 0 Å². The van der Waals surface area contributed by atoms with Gasteiger partial charge in [0.2, 0.25) is 5.43 Å². The Balaban J connectivity index is 2.58. The van der Waals surface area contributed by atoms with Crippen LogP contribution in [0.1, 0.15) is 0 Å². The molecule has 0 saturated heterocycles. The molecule has 1 aromatic heterocycles. The van der Waals surface area contributed by atoms with E-state index in [4.69, 9.17) is 4.42 Å². The maximum atomic E-state index is 13.0. The van der Waals surface area contributed by atoms with Gasteiger partial charge in [-0.2, -0.15) is 0 Å². The van der Waals surface area contributed by atoms with Gasteiger partial charge in [-0.05, 0) is 36.4 Å². The van der Waals surface area contributed by atoms with Gasteiger partial charge in [0, 0.05) is 0 Å². The third-order valence-electron chi connectivity index (χ3n) is 2.59. The molecule has 0 amide bonds. The van der Waals surface area contributed by atoms with E-state index in [1.165, 1.54) is 24.3 Å². The predicted molar refractivity (Wildman–Crippen MR) is 59.9 cm³/mol. The maximum Gasteiger partial charge on any atom is 0.200 e. The zero-order valence-electron chi connectivity index (χ0n) is 8.54. The van der Waals surface area contributed by atoms with E-state index in [1.807, 2.05) is 0 Å². The molecule has 84 valence electrons. The Kier molecular flexibility index (Phi) is 1.98. The van der Waals surface area contributed by atoms with E-state index in [0.717, 1.165) is 12.1 Å². The molecular weight excluding hydrogens is 226 g/mol. The van der Waals surface area contributed by atoms with Crippen LogP contribution in [-0.2, 0) is 0 Å². The van der Waals surface area contributed by atoms with Gasteiger partial charge in [-0.1, -0.05) is 0 Å². The Hall–Kier alpha value is -2.23. The van der Waals surface area contributed by atoms with Crippen molar-refractivity contribution in [2.45, 2.75) is 0 Å². The van der Waals surface area contributed by atoms with Crippen LogP contribution < -0.4 is 5.43 Å². The first kappa shape index (κ1) is 9.96. The molecule has 3 rings (SSSR count). The summed E-state index contributed by atoms with van der Waals surface area (Å²) in [6, 6.07) is 7.36. The highest BCUT2D eigenvalue weighted by atomic mass is 19.1. The van der Waals surface area contributed by atoms with Crippen LogP contribution in [0.15, 0.2) is 45.6 Å². The molecular formula is C13H6F2O2. The molecule has 2 nitrogen and oxygen atoms in total. The summed E-state index contributed by atoms with van der Waals surface area (Å²) in [5.74, 6) is -1.05. The average molecular weight is 232 g/mol. The molecule has 17 heavy (non-hydrogen) atoms. The normalized spacial score (nSPS) is 11.2. The summed E-state index contributed by atoms with van der Waals surface area (Å²) in [6.07, 6.45) is 0. The Bertz CT molecular complexity index is 727. The van der Waals surface area contributed by atoms with Crippen LogP contribution in [0.4, 0.5) is 8.78 Å². The van der Waals surface area contributed by atoms with Gasteiger partial charge in [-0.15, -0.1) is 0 Å². The Morgan fingerprint density at radius 1 is 0.824 bits per heavy atom. The van der Waals surface area contributed by atoms with Gasteiger partial charge in [0.1, 0.15) is 22.8 Å². The smallest absolute Gasteiger partial charge is 0.200 e. The SMILES string of the molecule is O=c1c2cc(F)ccc2oc2ccc(F)cc12. The molecule has 0 bridgehead atoms. The molecule has 3 aromatic rings. The van der Waals surface area contributed by atoms with Crippen molar-refractivity contribution in [1.29, 1.82) is 0 Å². The topological polar surface area (TPSA) is 30.2 Å². The Morgan fingerprint density at radius 2 is 1.29 bits per heavy atom. The van der Waals surface area contributed by atoms with Crippen molar-refractivity contribution < 1.29 is 13.2 Å². The van der Waals surface area contributed by atoms with Gasteiger partial charge in [-0.25, -0.2) is 8.78 Å². The van der Waals surface area contributed by atoms with Crippen molar-refractivity contribution >= 4 is 21.9 Å². The lowest BCUT2D eigenvalue weighted by Gasteiger charge is -2.01. The minimum Gasteiger partial charge on any atom is -0.456 e. The Morgan fingerprint density at radius 3 is 1.76 bits per heavy atom. The molecule has 0 N–H and O–H groups in total. The monoisotopic (exact) mass is 232 g/mol. The van der Waals surface area contributed by atoms with E-state index in [0.29, 0.717) is 0 Å². The third kappa shape index (κ3) is 1.49. The van der Waals surface area contributed by atoms with E-state index >= 15 is 0 Å². The van der Waals surface area contributed by atoms with Gasteiger partial charge in [0.25, 0.3) is 0 Å². The highest BCUT2D eigenvalue weighted by molar-refractivity contribution is 5.89. The van der Waals surface area contributed by atoms with Gasteiger partial charge in [0.05, 0.1) is 10.8 Å². The molecule has 0 aliphatic rings. The van der Waals surface area contributed by atoms with Crippen molar-refractivity contribution in [3.05, 3.63) is 58.3 Å². The molecule has 1 heterocycles. The number of halogens is 2. The van der Waals surface area contributed by atoms with E-state index in [2.05, 4.69) is 0 Å². The fraction of sp³-hybridized carbons (Fsp3) is 0. The van der Waals surface area contributed by atoms with E-state index in [-0.39, 0.29) is 21.9 Å². The number of benzene rings is 2. The second-order valence-corrected chi connectivity index (χ2v) is 3.71. The molecule has 0 fully saturated rings. The molecule has 0 atom stereocenters. The first-order chi connectivity index (χ1) is 8.15. The highest BCUT2D eigenvalue weighted by Crippen LogP contribution is 2.19. The summed E-state index contributed by atoms with van der Waals surface area (Å²) in [5, 5.41) is 0.228. The minimum atomic E-state index is -0.527. The average Bonchev–Trinajstić information content (AvgIpc) is 2.32. The van der Waals surface area contributed by atoms with Gasteiger partial charge < -0.3 is 4.42 Å². The second kappa shape index (κ2) is 3.38. The second-order valence-electron chi connectivity index (χ2n) is 3.71. The first-order valence-electron chi connectivity index (χ1n) is 4.97. The standard InChI is InChI=1S/C13H6F2O2/c14-7-1-3-11-9(5-7)13(16)10-6-8(15)2-4-12(10)17-11/h1-6H. The lowest BCUT2D eigenvalue weighted by Crippen LogP contribution is -2.02. The van der Waals surface area contributed by atoms with Crippen molar-refractivity contribution in [2.75, 3.05) is 0 Å². The summed E-state index contributed by atoms with van der Waals surface area (Å²) >= 11 is 0. The Labute approximate surface area is 94.1 Å². The molecule has 4 heteroatoms. The van der Waals surface area contributed by atoms with E-state index < -0.39 is 17.1 Å². The number of rotatable bonds is 0. The van der Waals surface area contributed by atoms with Gasteiger partial charge in [-0.3, -0.25) is 4.79 Å². The predicted octanol–water partition coefficient (Wildman–Crippen LogP) is 3.22. The summed E-state index contributed by atoms with van der Waals surface area (Å²) in [5.41, 5.74) is 0.145. The van der Waals surface area contributed by atoms with E-state index in [9.17, 15) is 13.6 Å². The van der Waals surface area contributed by atoms with Gasteiger partial charge >= 0.3 is 0 Å². The van der Waals surface area contributed by atoms with Crippen LogP contribution in [0.2, 0.25) is 0 Å². The quantitative estimate of drug-likeness (QED) is 0.557. The van der Waals surface area contributed by atoms with E-state index in [1.54, 1.807) is 0 Å². The van der Waals surface area contributed by atoms with Crippen molar-refractivity contribution in [3.63, 3.8) is 0 Å². The van der Waals surface area contributed by atoms with Gasteiger partial charge in [0.15, 0.2) is 0 Å². The van der Waals surface area contributed by atoms with Crippen LogP contribution >= 0.6 is 0 Å². The number of hydrogen-bond acceptors (Lipinski definition) is 2. The third-order valence-corrected chi connectivity index (χ3v) is 2.59. The van der Waals surface area contributed by atoms with Crippen molar-refractivity contribution in [3.8, 4) is 0 Å². The molecule has 0 aliphatic carbocycles. The molecule has 0 radical (unpaired) electrons. The number of fused-ring (bicyclic) bond motifs is 2. The first-order valence-corrected chi connectivity index (χ1v) is 4.97. The summed E-state index contributed by atoms with van der Waals surface area (Å²) in [7, 11) is 0. The summed E-state index contributed by atoms with van der Waals surface area (Å²) in [4.78, 5) is 12.0. The molecule has 0 aliphatic heterocycles. The fourth-order valence-corrected chi connectivity index (χ4v) is 1.80. The molecule has 0 unspecified atom stereocenters. The summed E-state index contributed by atoms with van der Waals surface area (Å²) in [6.45, 7) is 0. The van der Waals surface area contributed by atoms with Crippen LogP contribution in [0.25, 0.3) is 21.9 Å². The molecule has 2 aromatic carbocycles. The largest absolute Gasteiger partial charge is 0.456 e. The summed E-state index contributed by atoms with van der Waals surface area (Å²) < 4.78 is 31.5. The fourth-order valence-electron chi connectivity index (χ4n) is 1.80. The highest BCUT2D eigenvalue weighted by Gasteiger charge is 2.09. The van der Waals surface area contributed by atoms with Crippen LogP contribution in [0.3, 0.4) is 0 Å². The van der Waals surface area contributed by atoms with Crippen LogP contribution in [-0.4, -0.2) is 0 Å². The lowest BCUT2D eigenvalue weighted by molar-refractivity contribution is 0.619.